The normalized spacial score (nSPS) is 19.3. The number of piperidine rings is 1. The summed E-state index contributed by atoms with van der Waals surface area (Å²) in [5.74, 6) is 0.293. The van der Waals surface area contributed by atoms with E-state index >= 15 is 0 Å². The van der Waals surface area contributed by atoms with E-state index in [1.807, 2.05) is 11.8 Å². The summed E-state index contributed by atoms with van der Waals surface area (Å²) in [5.41, 5.74) is 0. The van der Waals surface area contributed by atoms with E-state index in [1.165, 1.54) is 0 Å². The summed E-state index contributed by atoms with van der Waals surface area (Å²) >= 11 is 0.683. The molecule has 22 heavy (non-hydrogen) atoms. The van der Waals surface area contributed by atoms with Gasteiger partial charge >= 0.3 is 6.18 Å². The Bertz CT molecular complexity index is 504. The first kappa shape index (κ1) is 17.1. The number of nitrogens with zero attached hydrogens (tertiary/aromatic N) is 2. The minimum absolute atomic E-state index is 0.0354. The summed E-state index contributed by atoms with van der Waals surface area (Å²) in [7, 11) is 0. The molecule has 1 aromatic heterocycles. The van der Waals surface area contributed by atoms with Gasteiger partial charge in [-0.25, -0.2) is 4.98 Å². The van der Waals surface area contributed by atoms with E-state index in [9.17, 15) is 18.0 Å². The van der Waals surface area contributed by atoms with E-state index in [2.05, 4.69) is 10.3 Å². The Morgan fingerprint density at radius 2 is 2.32 bits per heavy atom. The zero-order valence-electron chi connectivity index (χ0n) is 12.4. The Labute approximate surface area is 131 Å². The molecular formula is C14H20F3N3OS. The van der Waals surface area contributed by atoms with Crippen LogP contribution >= 0.6 is 11.3 Å². The first-order valence-electron chi connectivity index (χ1n) is 7.44. The van der Waals surface area contributed by atoms with Gasteiger partial charge in [-0.15, -0.1) is 0 Å². The number of amides is 1. The van der Waals surface area contributed by atoms with Gasteiger partial charge in [0.1, 0.15) is 4.88 Å². The lowest BCUT2D eigenvalue weighted by Gasteiger charge is -2.32. The lowest BCUT2D eigenvalue weighted by Crippen LogP contribution is -2.40. The molecule has 2 heterocycles. The molecular weight excluding hydrogens is 315 g/mol. The number of anilines is 1. The SMILES string of the molecule is CCCC(=O)NCC1CCCN(c2ncc(C(F)(F)F)s2)C1. The number of carbonyl (C=O) groups is 1. The third-order valence-corrected chi connectivity index (χ3v) is 4.73. The van der Waals surface area contributed by atoms with Crippen molar-refractivity contribution in [1.29, 1.82) is 0 Å². The number of thiazole rings is 1. The summed E-state index contributed by atoms with van der Waals surface area (Å²) in [6.45, 7) is 3.87. The fourth-order valence-electron chi connectivity index (χ4n) is 2.52. The largest absolute Gasteiger partial charge is 0.427 e. The number of rotatable bonds is 5. The third kappa shape index (κ3) is 4.59. The minimum Gasteiger partial charge on any atom is -0.356 e. The van der Waals surface area contributed by atoms with Gasteiger partial charge in [-0.1, -0.05) is 18.3 Å². The van der Waals surface area contributed by atoms with E-state index in [0.717, 1.165) is 25.5 Å². The third-order valence-electron chi connectivity index (χ3n) is 3.63. The van der Waals surface area contributed by atoms with Crippen LogP contribution in [0.4, 0.5) is 18.3 Å². The van der Waals surface area contributed by atoms with Crippen LogP contribution in [0.3, 0.4) is 0 Å². The molecule has 1 unspecified atom stereocenters. The van der Waals surface area contributed by atoms with Gasteiger partial charge in [0.25, 0.3) is 0 Å². The lowest BCUT2D eigenvalue weighted by atomic mass is 9.98. The van der Waals surface area contributed by atoms with Crippen molar-refractivity contribution < 1.29 is 18.0 Å². The molecule has 2 rings (SSSR count). The van der Waals surface area contributed by atoms with Crippen molar-refractivity contribution in [3.05, 3.63) is 11.1 Å². The van der Waals surface area contributed by atoms with E-state index in [4.69, 9.17) is 0 Å². The number of nitrogens with one attached hydrogen (secondary N) is 1. The molecule has 1 aliphatic rings. The number of alkyl halides is 3. The van der Waals surface area contributed by atoms with Crippen molar-refractivity contribution in [2.75, 3.05) is 24.5 Å². The maximum atomic E-state index is 12.6. The van der Waals surface area contributed by atoms with Crippen molar-refractivity contribution in [2.45, 2.75) is 38.8 Å². The highest BCUT2D eigenvalue weighted by molar-refractivity contribution is 7.15. The van der Waals surface area contributed by atoms with Crippen LogP contribution in [0.5, 0.6) is 0 Å². The zero-order valence-corrected chi connectivity index (χ0v) is 13.3. The van der Waals surface area contributed by atoms with E-state index in [-0.39, 0.29) is 11.8 Å². The molecule has 0 radical (unpaired) electrons. The molecule has 1 aromatic rings. The fraction of sp³-hybridized carbons (Fsp3) is 0.714. The van der Waals surface area contributed by atoms with Gasteiger partial charge in [0, 0.05) is 26.1 Å². The average molecular weight is 335 g/mol. The summed E-state index contributed by atoms with van der Waals surface area (Å²) in [6.07, 6.45) is -0.249. The Morgan fingerprint density at radius 3 is 2.95 bits per heavy atom. The highest BCUT2D eigenvalue weighted by atomic mass is 32.1. The van der Waals surface area contributed by atoms with Crippen LogP contribution in [0.1, 0.15) is 37.5 Å². The van der Waals surface area contributed by atoms with Gasteiger partial charge in [-0.3, -0.25) is 4.79 Å². The maximum Gasteiger partial charge on any atom is 0.427 e. The Hall–Kier alpha value is -1.31. The topological polar surface area (TPSA) is 45.2 Å². The van der Waals surface area contributed by atoms with Crippen LogP contribution in [0.2, 0.25) is 0 Å². The molecule has 124 valence electrons. The summed E-state index contributed by atoms with van der Waals surface area (Å²) < 4.78 is 37.9. The number of carbonyl (C=O) groups excluding carboxylic acids is 1. The molecule has 1 amide bonds. The van der Waals surface area contributed by atoms with Crippen molar-refractivity contribution in [1.82, 2.24) is 10.3 Å². The smallest absolute Gasteiger partial charge is 0.356 e. The second kappa shape index (κ2) is 7.30. The molecule has 0 bridgehead atoms. The minimum atomic E-state index is -4.33. The predicted octanol–water partition coefficient (Wildman–Crippen LogP) is 3.29. The van der Waals surface area contributed by atoms with E-state index < -0.39 is 11.1 Å². The monoisotopic (exact) mass is 335 g/mol. The second-order valence-corrected chi connectivity index (χ2v) is 6.52. The van der Waals surface area contributed by atoms with Crippen LogP contribution in [0, 0.1) is 5.92 Å². The molecule has 4 nitrogen and oxygen atoms in total. The molecule has 1 aliphatic heterocycles. The van der Waals surface area contributed by atoms with Crippen molar-refractivity contribution in [3.63, 3.8) is 0 Å². The van der Waals surface area contributed by atoms with Crippen LogP contribution < -0.4 is 10.2 Å². The van der Waals surface area contributed by atoms with Gasteiger partial charge < -0.3 is 10.2 Å². The standard InChI is InChI=1S/C14H20F3N3OS/c1-2-4-12(21)18-7-10-5-3-6-20(9-10)13-19-8-11(22-13)14(15,16)17/h8,10H,2-7,9H2,1H3,(H,18,21). The highest BCUT2D eigenvalue weighted by Crippen LogP contribution is 2.37. The first-order valence-corrected chi connectivity index (χ1v) is 8.26. The number of hydrogen-bond donors (Lipinski definition) is 1. The summed E-state index contributed by atoms with van der Waals surface area (Å²) in [5, 5.41) is 3.31. The summed E-state index contributed by atoms with van der Waals surface area (Å²) in [4.78, 5) is 16.6. The van der Waals surface area contributed by atoms with E-state index in [1.54, 1.807) is 0 Å². The molecule has 0 aromatic carbocycles. The average Bonchev–Trinajstić information content (AvgIpc) is 2.96. The van der Waals surface area contributed by atoms with Crippen molar-refractivity contribution >= 4 is 22.4 Å². The number of halogens is 3. The second-order valence-electron chi connectivity index (χ2n) is 5.51. The Kier molecular flexibility index (Phi) is 5.66. The number of hydrogen-bond acceptors (Lipinski definition) is 4. The van der Waals surface area contributed by atoms with Crippen molar-refractivity contribution in [2.24, 2.45) is 5.92 Å². The van der Waals surface area contributed by atoms with Crippen LogP contribution in [0.25, 0.3) is 0 Å². The van der Waals surface area contributed by atoms with Crippen LogP contribution in [0.15, 0.2) is 6.20 Å². The van der Waals surface area contributed by atoms with Gasteiger partial charge in [0.15, 0.2) is 5.13 Å². The zero-order chi connectivity index (χ0) is 16.2. The van der Waals surface area contributed by atoms with Crippen LogP contribution in [-0.2, 0) is 11.0 Å². The maximum absolute atomic E-state index is 12.6. The summed E-state index contributed by atoms with van der Waals surface area (Å²) in [6, 6.07) is 0. The van der Waals surface area contributed by atoms with Gasteiger partial charge in [0.05, 0.1) is 6.20 Å². The molecule has 1 saturated heterocycles. The Balaban J connectivity index is 1.90. The van der Waals surface area contributed by atoms with Gasteiger partial charge in [0.2, 0.25) is 5.91 Å². The predicted molar refractivity (Wildman–Crippen MR) is 80.0 cm³/mol. The quantitative estimate of drug-likeness (QED) is 0.898. The molecule has 1 fully saturated rings. The fourth-order valence-corrected chi connectivity index (χ4v) is 3.34. The molecule has 1 atom stereocenters. The first-order chi connectivity index (χ1) is 10.4. The van der Waals surface area contributed by atoms with Gasteiger partial charge in [-0.2, -0.15) is 13.2 Å². The molecule has 1 N–H and O–H groups in total. The van der Waals surface area contributed by atoms with Crippen molar-refractivity contribution in [3.8, 4) is 0 Å². The molecule has 0 saturated carbocycles. The lowest BCUT2D eigenvalue weighted by molar-refractivity contribution is -0.134. The van der Waals surface area contributed by atoms with Gasteiger partial charge in [-0.05, 0) is 25.2 Å². The van der Waals surface area contributed by atoms with Crippen LogP contribution in [-0.4, -0.2) is 30.5 Å². The molecule has 0 aliphatic carbocycles. The van der Waals surface area contributed by atoms with E-state index in [0.29, 0.717) is 42.5 Å². The molecule has 0 spiro atoms. The highest BCUT2D eigenvalue weighted by Gasteiger charge is 2.34. The Morgan fingerprint density at radius 1 is 1.55 bits per heavy atom. The number of aromatic nitrogens is 1. The molecule has 8 heteroatoms.